The van der Waals surface area contributed by atoms with Crippen LogP contribution in [0.15, 0.2) is 78.9 Å². The van der Waals surface area contributed by atoms with Crippen molar-refractivity contribution >= 4 is 17.5 Å². The Morgan fingerprint density at radius 3 is 2.10 bits per heavy atom. The first-order chi connectivity index (χ1) is 14.0. The first kappa shape index (κ1) is 20.3. The second-order valence-corrected chi connectivity index (χ2v) is 7.26. The van der Waals surface area contributed by atoms with Gasteiger partial charge in [0.25, 0.3) is 5.91 Å². The van der Waals surface area contributed by atoms with Crippen LogP contribution in [0.2, 0.25) is 0 Å². The van der Waals surface area contributed by atoms with E-state index >= 15 is 0 Å². The fourth-order valence-electron chi connectivity index (χ4n) is 3.12. The molecule has 4 nitrogen and oxygen atoms in total. The number of rotatable bonds is 7. The predicted octanol–water partition coefficient (Wildman–Crippen LogP) is 4.35. The molecule has 0 aliphatic carbocycles. The first-order valence-electron chi connectivity index (χ1n) is 9.75. The zero-order chi connectivity index (χ0) is 20.6. The lowest BCUT2D eigenvalue weighted by atomic mass is 9.99. The Kier molecular flexibility index (Phi) is 6.80. The van der Waals surface area contributed by atoms with Crippen LogP contribution in [0.4, 0.5) is 5.69 Å². The molecule has 0 fully saturated rings. The van der Waals surface area contributed by atoms with E-state index in [1.54, 1.807) is 19.0 Å². The van der Waals surface area contributed by atoms with Crippen LogP contribution in [0.3, 0.4) is 0 Å². The van der Waals surface area contributed by atoms with Gasteiger partial charge in [-0.3, -0.25) is 9.59 Å². The lowest BCUT2D eigenvalue weighted by molar-refractivity contribution is -0.127. The Hall–Kier alpha value is -3.40. The van der Waals surface area contributed by atoms with Crippen molar-refractivity contribution in [3.8, 4) is 0 Å². The summed E-state index contributed by atoms with van der Waals surface area (Å²) in [6, 6.07) is 25.4. The Labute approximate surface area is 172 Å². The Balaban J connectivity index is 1.65. The molecule has 2 amide bonds. The molecule has 0 atom stereocenters. The van der Waals surface area contributed by atoms with Crippen molar-refractivity contribution in [1.29, 1.82) is 0 Å². The van der Waals surface area contributed by atoms with Gasteiger partial charge >= 0.3 is 0 Å². The third-order valence-electron chi connectivity index (χ3n) is 4.85. The van der Waals surface area contributed by atoms with E-state index in [1.807, 2.05) is 66.7 Å². The highest BCUT2D eigenvalue weighted by Gasteiger charge is 2.12. The maximum absolute atomic E-state index is 12.8. The molecule has 29 heavy (non-hydrogen) atoms. The van der Waals surface area contributed by atoms with Crippen LogP contribution < -0.4 is 5.32 Å². The van der Waals surface area contributed by atoms with Gasteiger partial charge in [-0.05, 0) is 47.7 Å². The molecular weight excluding hydrogens is 360 g/mol. The highest BCUT2D eigenvalue weighted by atomic mass is 16.2. The normalized spacial score (nSPS) is 10.4. The largest absolute Gasteiger partial charge is 0.349 e. The van der Waals surface area contributed by atoms with Gasteiger partial charge in [0.15, 0.2) is 0 Å². The highest BCUT2D eigenvalue weighted by Crippen LogP contribution is 2.16. The van der Waals surface area contributed by atoms with Crippen LogP contribution in [0.5, 0.6) is 0 Å². The minimum absolute atomic E-state index is 0.0501. The molecular formula is C25H26N2O2. The monoisotopic (exact) mass is 386 g/mol. The molecule has 0 saturated carbocycles. The van der Waals surface area contributed by atoms with Gasteiger partial charge < -0.3 is 10.2 Å². The van der Waals surface area contributed by atoms with Crippen LogP contribution in [0, 0.1) is 0 Å². The van der Waals surface area contributed by atoms with Crippen LogP contribution in [0.25, 0.3) is 0 Å². The summed E-state index contributed by atoms with van der Waals surface area (Å²) in [7, 11) is 3.48. The van der Waals surface area contributed by atoms with Crippen molar-refractivity contribution in [2.45, 2.75) is 19.3 Å². The second kappa shape index (κ2) is 9.69. The van der Waals surface area contributed by atoms with Gasteiger partial charge in [0.1, 0.15) is 0 Å². The molecule has 0 bridgehead atoms. The summed E-state index contributed by atoms with van der Waals surface area (Å²) >= 11 is 0. The summed E-state index contributed by atoms with van der Waals surface area (Å²) in [4.78, 5) is 26.2. The minimum Gasteiger partial charge on any atom is -0.349 e. The molecule has 3 aromatic rings. The fraction of sp³-hybridized carbons (Fsp3) is 0.200. The highest BCUT2D eigenvalue weighted by molar-refractivity contribution is 6.05. The fourth-order valence-corrected chi connectivity index (χ4v) is 3.12. The quantitative estimate of drug-likeness (QED) is 0.656. The number of amides is 2. The van der Waals surface area contributed by atoms with Crippen molar-refractivity contribution in [2.75, 3.05) is 19.4 Å². The molecule has 0 aliphatic rings. The molecule has 0 saturated heterocycles. The zero-order valence-electron chi connectivity index (χ0n) is 16.9. The SMILES string of the molecule is CN(C)C(=O)Cc1ccc(NC(=O)c2ccccc2CCc2ccccc2)cc1. The van der Waals surface area contributed by atoms with E-state index in [0.29, 0.717) is 17.7 Å². The number of benzene rings is 3. The van der Waals surface area contributed by atoms with Gasteiger partial charge in [-0.15, -0.1) is 0 Å². The molecule has 148 valence electrons. The summed E-state index contributed by atoms with van der Waals surface area (Å²) < 4.78 is 0. The van der Waals surface area contributed by atoms with Gasteiger partial charge in [-0.1, -0.05) is 60.7 Å². The predicted molar refractivity (Wildman–Crippen MR) is 117 cm³/mol. The molecule has 3 aromatic carbocycles. The van der Waals surface area contributed by atoms with E-state index in [9.17, 15) is 9.59 Å². The number of aryl methyl sites for hydroxylation is 2. The van der Waals surface area contributed by atoms with E-state index < -0.39 is 0 Å². The number of hydrogen-bond donors (Lipinski definition) is 1. The molecule has 0 radical (unpaired) electrons. The van der Waals surface area contributed by atoms with E-state index in [2.05, 4.69) is 17.4 Å². The lowest BCUT2D eigenvalue weighted by Gasteiger charge is -2.12. The van der Waals surface area contributed by atoms with Crippen molar-refractivity contribution in [3.05, 3.63) is 101 Å². The van der Waals surface area contributed by atoms with Gasteiger partial charge in [-0.2, -0.15) is 0 Å². The van der Waals surface area contributed by atoms with E-state index in [1.165, 1.54) is 5.56 Å². The summed E-state index contributed by atoms with van der Waals surface area (Å²) in [5.41, 5.74) is 4.61. The van der Waals surface area contributed by atoms with E-state index in [4.69, 9.17) is 0 Å². The van der Waals surface area contributed by atoms with Gasteiger partial charge in [0.05, 0.1) is 6.42 Å². The lowest BCUT2D eigenvalue weighted by Crippen LogP contribution is -2.23. The second-order valence-electron chi connectivity index (χ2n) is 7.26. The van der Waals surface area contributed by atoms with E-state index in [-0.39, 0.29) is 11.8 Å². The Morgan fingerprint density at radius 2 is 1.41 bits per heavy atom. The first-order valence-corrected chi connectivity index (χ1v) is 9.75. The van der Waals surface area contributed by atoms with Crippen LogP contribution in [-0.4, -0.2) is 30.8 Å². The number of likely N-dealkylation sites (N-methyl/N-ethyl adjacent to an activating group) is 1. The number of hydrogen-bond acceptors (Lipinski definition) is 2. The summed E-state index contributed by atoms with van der Waals surface area (Å²) in [5, 5.41) is 2.97. The maximum atomic E-state index is 12.8. The Bertz CT molecular complexity index is 964. The average molecular weight is 386 g/mol. The minimum atomic E-state index is -0.120. The van der Waals surface area contributed by atoms with Gasteiger partial charge in [-0.25, -0.2) is 0 Å². The topological polar surface area (TPSA) is 49.4 Å². The van der Waals surface area contributed by atoms with Crippen molar-refractivity contribution in [2.24, 2.45) is 0 Å². The zero-order valence-corrected chi connectivity index (χ0v) is 16.9. The molecule has 1 N–H and O–H groups in total. The smallest absolute Gasteiger partial charge is 0.255 e. The van der Waals surface area contributed by atoms with Gasteiger partial charge in [0, 0.05) is 25.3 Å². The molecule has 3 rings (SSSR count). The standard InChI is InChI=1S/C25H26N2O2/c1-27(2)24(28)18-20-13-16-22(17-14-20)26-25(29)23-11-7-6-10-21(23)15-12-19-8-4-3-5-9-19/h3-11,13-14,16-17H,12,15,18H2,1-2H3,(H,26,29). The summed E-state index contributed by atoms with van der Waals surface area (Å²) in [6.45, 7) is 0. The number of nitrogens with one attached hydrogen (secondary N) is 1. The third-order valence-corrected chi connectivity index (χ3v) is 4.85. The van der Waals surface area contributed by atoms with Crippen LogP contribution in [0.1, 0.15) is 27.0 Å². The molecule has 0 aromatic heterocycles. The van der Waals surface area contributed by atoms with Crippen molar-refractivity contribution in [3.63, 3.8) is 0 Å². The molecule has 4 heteroatoms. The van der Waals surface area contributed by atoms with Gasteiger partial charge in [0.2, 0.25) is 5.91 Å². The number of nitrogens with zero attached hydrogens (tertiary/aromatic N) is 1. The van der Waals surface area contributed by atoms with Crippen LogP contribution >= 0.6 is 0 Å². The summed E-state index contributed by atoms with van der Waals surface area (Å²) in [6.07, 6.45) is 2.04. The summed E-state index contributed by atoms with van der Waals surface area (Å²) in [5.74, 6) is -0.0695. The van der Waals surface area contributed by atoms with E-state index in [0.717, 1.165) is 24.0 Å². The molecule has 0 aliphatic heterocycles. The number of carbonyl (C=O) groups is 2. The molecule has 0 spiro atoms. The molecule has 0 unspecified atom stereocenters. The molecule has 0 heterocycles. The maximum Gasteiger partial charge on any atom is 0.255 e. The van der Waals surface area contributed by atoms with Crippen LogP contribution in [-0.2, 0) is 24.1 Å². The number of carbonyl (C=O) groups excluding carboxylic acids is 2. The van der Waals surface area contributed by atoms with Crippen molar-refractivity contribution < 1.29 is 9.59 Å². The number of anilines is 1. The third kappa shape index (κ3) is 5.79. The average Bonchev–Trinajstić information content (AvgIpc) is 2.74. The Morgan fingerprint density at radius 1 is 0.759 bits per heavy atom. The van der Waals surface area contributed by atoms with Crippen molar-refractivity contribution in [1.82, 2.24) is 4.90 Å².